The summed E-state index contributed by atoms with van der Waals surface area (Å²) in [5, 5.41) is 0. The van der Waals surface area contributed by atoms with Gasteiger partial charge in [-0.15, -0.1) is 0 Å². The highest BCUT2D eigenvalue weighted by atomic mass is 16.6. The Morgan fingerprint density at radius 1 is 0.269 bits per heavy atom. The SMILES string of the molecule is CC/C=C\C/C=C\C/C=C\C/C=C\CCCCCCCCC(=O)OC(COC(=O)CCCCCCC/C=C\CCC)COC(=O)CCCCCCCCCCCCCCCCCC/C=C\C/C=C\C/C=C\CCCCCCC. The highest BCUT2D eigenvalue weighted by molar-refractivity contribution is 5.71. The van der Waals surface area contributed by atoms with Crippen LogP contribution in [0.15, 0.2) is 97.2 Å². The van der Waals surface area contributed by atoms with Crippen LogP contribution in [0, 0.1) is 0 Å². The molecule has 0 rings (SSSR count). The van der Waals surface area contributed by atoms with Gasteiger partial charge in [0.05, 0.1) is 0 Å². The number of carbonyl (C=O) groups excluding carboxylic acids is 3. The molecule has 0 fully saturated rings. The zero-order valence-corrected chi connectivity index (χ0v) is 51.4. The van der Waals surface area contributed by atoms with Crippen molar-refractivity contribution in [2.75, 3.05) is 13.2 Å². The highest BCUT2D eigenvalue weighted by Crippen LogP contribution is 2.17. The molecule has 0 aromatic heterocycles. The van der Waals surface area contributed by atoms with Crippen molar-refractivity contribution in [1.29, 1.82) is 0 Å². The van der Waals surface area contributed by atoms with Crippen molar-refractivity contribution in [1.82, 2.24) is 0 Å². The van der Waals surface area contributed by atoms with Gasteiger partial charge in [0.1, 0.15) is 13.2 Å². The molecule has 0 saturated carbocycles. The quantitative estimate of drug-likeness (QED) is 0.0261. The maximum Gasteiger partial charge on any atom is 0.306 e. The van der Waals surface area contributed by atoms with E-state index >= 15 is 0 Å². The molecule has 0 amide bonds. The molecule has 78 heavy (non-hydrogen) atoms. The Kier molecular flexibility index (Phi) is 62.7. The molecule has 0 bridgehead atoms. The summed E-state index contributed by atoms with van der Waals surface area (Å²) in [5.41, 5.74) is 0. The van der Waals surface area contributed by atoms with E-state index in [0.717, 1.165) is 122 Å². The van der Waals surface area contributed by atoms with Crippen molar-refractivity contribution in [3.63, 3.8) is 0 Å². The van der Waals surface area contributed by atoms with E-state index in [1.54, 1.807) is 0 Å². The Hall–Kier alpha value is -3.67. The molecule has 0 aromatic carbocycles. The number of hydrogen-bond acceptors (Lipinski definition) is 6. The van der Waals surface area contributed by atoms with Crippen LogP contribution in [-0.4, -0.2) is 37.2 Å². The van der Waals surface area contributed by atoms with E-state index in [9.17, 15) is 14.4 Å². The molecule has 1 atom stereocenters. The van der Waals surface area contributed by atoms with Crippen LogP contribution in [0.5, 0.6) is 0 Å². The molecular weight excluding hydrogens is 961 g/mol. The molecule has 0 aromatic rings. The van der Waals surface area contributed by atoms with Crippen LogP contribution < -0.4 is 0 Å². The van der Waals surface area contributed by atoms with Crippen molar-refractivity contribution in [2.24, 2.45) is 0 Å². The van der Waals surface area contributed by atoms with E-state index < -0.39 is 6.10 Å². The van der Waals surface area contributed by atoms with Crippen molar-refractivity contribution in [3.8, 4) is 0 Å². The van der Waals surface area contributed by atoms with E-state index in [4.69, 9.17) is 14.2 Å². The monoisotopic (exact) mass is 1080 g/mol. The fourth-order valence-electron chi connectivity index (χ4n) is 9.33. The maximum atomic E-state index is 12.9. The predicted molar refractivity (Wildman–Crippen MR) is 339 cm³/mol. The summed E-state index contributed by atoms with van der Waals surface area (Å²) < 4.78 is 16.9. The minimum atomic E-state index is -0.789. The minimum absolute atomic E-state index is 0.0847. The van der Waals surface area contributed by atoms with Gasteiger partial charge in [0, 0.05) is 19.3 Å². The minimum Gasteiger partial charge on any atom is -0.462 e. The Bertz CT molecular complexity index is 1530. The summed E-state index contributed by atoms with van der Waals surface area (Å²) in [4.78, 5) is 38.2. The zero-order valence-electron chi connectivity index (χ0n) is 51.4. The van der Waals surface area contributed by atoms with E-state index in [-0.39, 0.29) is 31.1 Å². The first-order valence-electron chi connectivity index (χ1n) is 33.2. The Morgan fingerprint density at radius 2 is 0.526 bits per heavy atom. The molecular formula is C72H124O6. The first kappa shape index (κ1) is 74.3. The number of allylic oxidation sites excluding steroid dienone is 16. The van der Waals surface area contributed by atoms with E-state index in [2.05, 4.69) is 118 Å². The summed E-state index contributed by atoms with van der Waals surface area (Å²) in [6.07, 6.45) is 88.7. The van der Waals surface area contributed by atoms with Crippen LogP contribution in [-0.2, 0) is 28.6 Å². The van der Waals surface area contributed by atoms with Crippen LogP contribution in [0.3, 0.4) is 0 Å². The summed E-state index contributed by atoms with van der Waals surface area (Å²) >= 11 is 0. The van der Waals surface area contributed by atoms with Crippen molar-refractivity contribution >= 4 is 17.9 Å². The standard InChI is InChI=1S/C72H124O6/c1-4-7-10-13-16-19-22-24-26-28-30-31-32-33-34-35-36-37-38-39-40-41-43-44-46-48-50-53-56-59-62-65-71(74)77-68-69(67-76-70(73)64-61-58-55-52-21-18-15-12-9-6-3)78-72(75)66-63-60-57-54-51-49-47-45-42-29-27-25-23-20-17-14-11-8-5-2/h8,11-12,15,17,20,22,24-25,27-28,30,32-33,42,45,69H,4-7,9-10,13-14,16,18-19,21,23,26,29,31,34-41,43-44,46-68H2,1-3H3/b11-8-,15-12-,20-17-,24-22-,27-25-,30-28-,33-32-,45-42-. The van der Waals surface area contributed by atoms with Crippen molar-refractivity contribution in [3.05, 3.63) is 97.2 Å². The highest BCUT2D eigenvalue weighted by Gasteiger charge is 2.19. The average molecular weight is 1090 g/mol. The fourth-order valence-corrected chi connectivity index (χ4v) is 9.33. The van der Waals surface area contributed by atoms with Gasteiger partial charge in [-0.25, -0.2) is 0 Å². The lowest BCUT2D eigenvalue weighted by Gasteiger charge is -2.18. The molecule has 0 aliphatic heterocycles. The molecule has 1 unspecified atom stereocenters. The Morgan fingerprint density at radius 3 is 0.846 bits per heavy atom. The second-order valence-corrected chi connectivity index (χ2v) is 22.0. The molecule has 448 valence electrons. The number of carbonyl (C=O) groups is 3. The zero-order chi connectivity index (χ0) is 56.4. The Labute approximate surface area is 483 Å². The molecule has 0 saturated heterocycles. The molecule has 6 nitrogen and oxygen atoms in total. The van der Waals surface area contributed by atoms with Gasteiger partial charge in [0.15, 0.2) is 6.10 Å². The van der Waals surface area contributed by atoms with Crippen LogP contribution in [0.2, 0.25) is 0 Å². The van der Waals surface area contributed by atoms with Crippen molar-refractivity contribution in [2.45, 2.75) is 329 Å². The number of hydrogen-bond donors (Lipinski definition) is 0. The lowest BCUT2D eigenvalue weighted by molar-refractivity contribution is -0.167. The van der Waals surface area contributed by atoms with Gasteiger partial charge in [-0.3, -0.25) is 14.4 Å². The molecule has 0 radical (unpaired) electrons. The molecule has 0 N–H and O–H groups in total. The summed E-state index contributed by atoms with van der Waals surface area (Å²) in [5.74, 6) is -0.901. The van der Waals surface area contributed by atoms with Crippen LogP contribution in [0.4, 0.5) is 0 Å². The number of ether oxygens (including phenoxy) is 3. The summed E-state index contributed by atoms with van der Waals surface area (Å²) in [7, 11) is 0. The van der Waals surface area contributed by atoms with Gasteiger partial charge in [-0.1, -0.05) is 285 Å². The largest absolute Gasteiger partial charge is 0.462 e. The molecule has 0 heterocycles. The topological polar surface area (TPSA) is 78.9 Å². The number of unbranched alkanes of at least 4 members (excludes halogenated alkanes) is 33. The number of esters is 3. The Balaban J connectivity index is 4.17. The summed E-state index contributed by atoms with van der Waals surface area (Å²) in [6, 6.07) is 0. The van der Waals surface area contributed by atoms with Crippen LogP contribution >= 0.6 is 0 Å². The third-order valence-corrected chi connectivity index (χ3v) is 14.3. The molecule has 0 aliphatic rings. The van der Waals surface area contributed by atoms with Gasteiger partial charge in [0.25, 0.3) is 0 Å². The lowest BCUT2D eigenvalue weighted by atomic mass is 10.0. The van der Waals surface area contributed by atoms with Crippen LogP contribution in [0.1, 0.15) is 323 Å². The normalized spacial score (nSPS) is 12.7. The summed E-state index contributed by atoms with van der Waals surface area (Å²) in [6.45, 7) is 6.46. The molecule has 0 aliphatic carbocycles. The van der Waals surface area contributed by atoms with Gasteiger partial charge >= 0.3 is 17.9 Å². The first-order chi connectivity index (χ1) is 38.5. The van der Waals surface area contributed by atoms with E-state index in [0.29, 0.717) is 19.3 Å². The lowest BCUT2D eigenvalue weighted by Crippen LogP contribution is -2.30. The fraction of sp³-hybridized carbons (Fsp3) is 0.736. The predicted octanol–water partition coefficient (Wildman–Crippen LogP) is 22.8. The van der Waals surface area contributed by atoms with E-state index in [1.807, 2.05) is 0 Å². The van der Waals surface area contributed by atoms with Gasteiger partial charge < -0.3 is 14.2 Å². The van der Waals surface area contributed by atoms with Crippen molar-refractivity contribution < 1.29 is 28.6 Å². The van der Waals surface area contributed by atoms with Gasteiger partial charge in [-0.2, -0.15) is 0 Å². The molecule has 0 spiro atoms. The third kappa shape index (κ3) is 63.2. The second-order valence-electron chi connectivity index (χ2n) is 22.0. The average Bonchev–Trinajstić information content (AvgIpc) is 3.44. The van der Waals surface area contributed by atoms with E-state index in [1.165, 1.54) is 161 Å². The second kappa shape index (κ2) is 65.8. The first-order valence-corrected chi connectivity index (χ1v) is 33.2. The number of rotatable bonds is 60. The smallest absolute Gasteiger partial charge is 0.306 e. The third-order valence-electron chi connectivity index (χ3n) is 14.3. The van der Waals surface area contributed by atoms with Gasteiger partial charge in [0.2, 0.25) is 0 Å². The maximum absolute atomic E-state index is 12.9. The van der Waals surface area contributed by atoms with Crippen LogP contribution in [0.25, 0.3) is 0 Å². The van der Waals surface area contributed by atoms with Gasteiger partial charge in [-0.05, 0) is 116 Å². The molecule has 6 heteroatoms.